The Morgan fingerprint density at radius 2 is 2.09 bits per heavy atom. The van der Waals surface area contributed by atoms with E-state index in [0.29, 0.717) is 5.92 Å². The van der Waals surface area contributed by atoms with Gasteiger partial charge in [-0.1, -0.05) is 13.8 Å². The van der Waals surface area contributed by atoms with Gasteiger partial charge in [0.2, 0.25) is 0 Å². The van der Waals surface area contributed by atoms with E-state index in [1.54, 1.807) is 7.11 Å². The highest BCUT2D eigenvalue weighted by Crippen LogP contribution is 2.19. The van der Waals surface area contributed by atoms with E-state index < -0.39 is 0 Å². The molecule has 0 amide bonds. The molecular formula is C9H18ClO. The summed E-state index contributed by atoms with van der Waals surface area (Å²) in [5.74, 6) is 1.41. The lowest BCUT2D eigenvalue weighted by atomic mass is 10.0. The molecule has 2 heteroatoms. The zero-order valence-electron chi connectivity index (χ0n) is 7.69. The van der Waals surface area contributed by atoms with Crippen LogP contribution in [-0.4, -0.2) is 13.0 Å². The molecule has 0 aliphatic rings. The first-order valence-electron chi connectivity index (χ1n) is 4.15. The van der Waals surface area contributed by atoms with Gasteiger partial charge in [-0.15, -0.1) is 11.6 Å². The van der Waals surface area contributed by atoms with Crippen LogP contribution < -0.4 is 0 Å². The Bertz CT molecular complexity index is 83.6. The van der Waals surface area contributed by atoms with Gasteiger partial charge in [-0.2, -0.15) is 0 Å². The quantitative estimate of drug-likeness (QED) is 0.566. The topological polar surface area (TPSA) is 9.23 Å². The second-order valence-corrected chi connectivity index (χ2v) is 3.51. The van der Waals surface area contributed by atoms with Crippen LogP contribution in [0.15, 0.2) is 0 Å². The maximum absolute atomic E-state index is 5.57. The van der Waals surface area contributed by atoms with Crippen LogP contribution in [0.5, 0.6) is 0 Å². The first-order valence-corrected chi connectivity index (χ1v) is 4.68. The molecule has 67 valence electrons. The largest absolute Gasteiger partial charge is 0.375 e. The Balaban J connectivity index is 3.41. The van der Waals surface area contributed by atoms with Gasteiger partial charge >= 0.3 is 0 Å². The lowest BCUT2D eigenvalue weighted by Crippen LogP contribution is -2.04. The summed E-state index contributed by atoms with van der Waals surface area (Å²) in [6.45, 7) is 4.39. The summed E-state index contributed by atoms with van der Waals surface area (Å²) < 4.78 is 5.22. The predicted molar refractivity (Wildman–Crippen MR) is 49.7 cm³/mol. The van der Waals surface area contributed by atoms with E-state index in [2.05, 4.69) is 13.8 Å². The number of halogens is 1. The monoisotopic (exact) mass is 177 g/mol. The molecule has 0 aliphatic heterocycles. The fourth-order valence-electron chi connectivity index (χ4n) is 1.01. The summed E-state index contributed by atoms with van der Waals surface area (Å²) >= 11 is 5.57. The van der Waals surface area contributed by atoms with Gasteiger partial charge in [-0.05, 0) is 25.2 Å². The Morgan fingerprint density at radius 3 is 2.45 bits per heavy atom. The summed E-state index contributed by atoms with van der Waals surface area (Å²) in [7, 11) is 1.74. The average molecular weight is 178 g/mol. The van der Waals surface area contributed by atoms with E-state index in [1.165, 1.54) is 6.10 Å². The molecule has 0 saturated heterocycles. The molecule has 0 atom stereocenters. The SMILES string of the molecule is CO[C](CCCCl)CC(C)C. The summed E-state index contributed by atoms with van der Waals surface area (Å²) in [4.78, 5) is 0. The maximum Gasteiger partial charge on any atom is 0.0969 e. The van der Waals surface area contributed by atoms with Crippen molar-refractivity contribution < 1.29 is 4.74 Å². The number of hydrogen-bond acceptors (Lipinski definition) is 1. The molecule has 0 saturated carbocycles. The van der Waals surface area contributed by atoms with Crippen LogP contribution in [0, 0.1) is 12.0 Å². The second kappa shape index (κ2) is 6.93. The molecule has 0 bridgehead atoms. The van der Waals surface area contributed by atoms with Crippen molar-refractivity contribution in [2.45, 2.75) is 33.1 Å². The van der Waals surface area contributed by atoms with Crippen LogP contribution in [0.25, 0.3) is 0 Å². The van der Waals surface area contributed by atoms with Crippen molar-refractivity contribution in [1.29, 1.82) is 0 Å². The van der Waals surface area contributed by atoms with E-state index in [4.69, 9.17) is 16.3 Å². The van der Waals surface area contributed by atoms with Gasteiger partial charge in [0.15, 0.2) is 0 Å². The van der Waals surface area contributed by atoms with Crippen molar-refractivity contribution >= 4 is 11.6 Å². The minimum Gasteiger partial charge on any atom is -0.375 e. The number of alkyl halides is 1. The standard InChI is InChI=1S/C9H18ClO/c1-8(2)7-9(11-3)5-4-6-10/h8H,4-7H2,1-3H3. The van der Waals surface area contributed by atoms with E-state index in [9.17, 15) is 0 Å². The van der Waals surface area contributed by atoms with Gasteiger partial charge < -0.3 is 4.74 Å². The number of methoxy groups -OCH3 is 1. The Morgan fingerprint density at radius 1 is 1.45 bits per heavy atom. The van der Waals surface area contributed by atoms with Gasteiger partial charge in [0.1, 0.15) is 0 Å². The fraction of sp³-hybridized carbons (Fsp3) is 0.889. The molecule has 1 radical (unpaired) electrons. The van der Waals surface area contributed by atoms with Crippen LogP contribution >= 0.6 is 11.6 Å². The molecule has 0 aromatic rings. The van der Waals surface area contributed by atoms with Gasteiger partial charge in [-0.3, -0.25) is 0 Å². The smallest absolute Gasteiger partial charge is 0.0969 e. The van der Waals surface area contributed by atoms with E-state index in [1.807, 2.05) is 0 Å². The molecule has 0 rings (SSSR count). The molecule has 0 heterocycles. The molecule has 11 heavy (non-hydrogen) atoms. The van der Waals surface area contributed by atoms with Gasteiger partial charge in [-0.25, -0.2) is 0 Å². The summed E-state index contributed by atoms with van der Waals surface area (Å²) in [5.41, 5.74) is 0. The molecule has 0 aromatic carbocycles. The summed E-state index contributed by atoms with van der Waals surface area (Å²) in [5, 5.41) is 0. The summed E-state index contributed by atoms with van der Waals surface area (Å²) in [6, 6.07) is 0. The second-order valence-electron chi connectivity index (χ2n) is 3.13. The molecule has 0 N–H and O–H groups in total. The minimum absolute atomic E-state index is 0.681. The van der Waals surface area contributed by atoms with Crippen molar-refractivity contribution in [3.8, 4) is 0 Å². The minimum atomic E-state index is 0.681. The van der Waals surface area contributed by atoms with E-state index in [0.717, 1.165) is 25.1 Å². The van der Waals surface area contributed by atoms with Crippen LogP contribution in [0.2, 0.25) is 0 Å². The van der Waals surface area contributed by atoms with Crippen molar-refractivity contribution in [2.75, 3.05) is 13.0 Å². The first kappa shape index (κ1) is 11.2. The average Bonchev–Trinajstić information content (AvgIpc) is 1.97. The third kappa shape index (κ3) is 6.64. The molecule has 0 fully saturated rings. The maximum atomic E-state index is 5.57. The molecule has 0 aromatic heterocycles. The molecule has 1 nitrogen and oxygen atoms in total. The lowest BCUT2D eigenvalue weighted by molar-refractivity contribution is 0.172. The van der Waals surface area contributed by atoms with Crippen LogP contribution in [0.1, 0.15) is 33.1 Å². The van der Waals surface area contributed by atoms with Crippen molar-refractivity contribution in [3.63, 3.8) is 0 Å². The molecule has 0 spiro atoms. The van der Waals surface area contributed by atoms with E-state index >= 15 is 0 Å². The predicted octanol–water partition coefficient (Wildman–Crippen LogP) is 3.23. The normalized spacial score (nSPS) is 11.5. The third-order valence-corrected chi connectivity index (χ3v) is 1.78. The fourth-order valence-corrected chi connectivity index (χ4v) is 1.14. The van der Waals surface area contributed by atoms with Crippen molar-refractivity contribution in [1.82, 2.24) is 0 Å². The zero-order chi connectivity index (χ0) is 8.69. The van der Waals surface area contributed by atoms with Crippen molar-refractivity contribution in [3.05, 3.63) is 6.10 Å². The van der Waals surface area contributed by atoms with Crippen LogP contribution in [0.4, 0.5) is 0 Å². The van der Waals surface area contributed by atoms with Crippen LogP contribution in [-0.2, 0) is 4.74 Å². The molecular weight excluding hydrogens is 160 g/mol. The highest BCUT2D eigenvalue weighted by molar-refractivity contribution is 6.17. The van der Waals surface area contributed by atoms with Gasteiger partial charge in [0, 0.05) is 13.0 Å². The van der Waals surface area contributed by atoms with Crippen molar-refractivity contribution in [2.24, 2.45) is 5.92 Å². The number of rotatable bonds is 6. The molecule has 0 aliphatic carbocycles. The number of hydrogen-bond donors (Lipinski definition) is 0. The highest BCUT2D eigenvalue weighted by atomic mass is 35.5. The third-order valence-electron chi connectivity index (χ3n) is 1.51. The van der Waals surface area contributed by atoms with Gasteiger partial charge in [0.25, 0.3) is 0 Å². The first-order chi connectivity index (χ1) is 5.20. The van der Waals surface area contributed by atoms with Crippen LogP contribution in [0.3, 0.4) is 0 Å². The molecule has 0 unspecified atom stereocenters. The Labute approximate surface area is 75.1 Å². The lowest BCUT2D eigenvalue weighted by Gasteiger charge is -2.15. The Kier molecular flexibility index (Phi) is 7.09. The summed E-state index contributed by atoms with van der Waals surface area (Å²) in [6.07, 6.45) is 4.28. The Hall–Kier alpha value is 0.250. The zero-order valence-corrected chi connectivity index (χ0v) is 8.45. The van der Waals surface area contributed by atoms with E-state index in [-0.39, 0.29) is 0 Å². The highest BCUT2D eigenvalue weighted by Gasteiger charge is 2.09. The van der Waals surface area contributed by atoms with Gasteiger partial charge in [0.05, 0.1) is 6.10 Å². The number of ether oxygens (including phenoxy) is 1.